The van der Waals surface area contributed by atoms with E-state index in [0.717, 1.165) is 31.9 Å². The summed E-state index contributed by atoms with van der Waals surface area (Å²) in [6.45, 7) is 1.83. The number of carbonyl (C=O) groups excluding carboxylic acids is 1. The van der Waals surface area contributed by atoms with Crippen LogP contribution >= 0.6 is 11.3 Å². The smallest absolute Gasteiger partial charge is 0.281 e. The lowest BCUT2D eigenvalue weighted by Crippen LogP contribution is -2.42. The molecule has 1 atom stereocenters. The molecule has 34 heavy (non-hydrogen) atoms. The summed E-state index contributed by atoms with van der Waals surface area (Å²) in [5.41, 5.74) is 3.69. The van der Waals surface area contributed by atoms with Gasteiger partial charge in [-0.1, -0.05) is 37.6 Å². The van der Waals surface area contributed by atoms with Crippen LogP contribution in [0.5, 0.6) is 0 Å². The number of nitrogens with one attached hydrogen (secondary N) is 1. The molecule has 1 unspecified atom stereocenters. The summed E-state index contributed by atoms with van der Waals surface area (Å²) in [6.07, 6.45) is 1.40. The van der Waals surface area contributed by atoms with E-state index in [9.17, 15) is 26.8 Å². The highest BCUT2D eigenvalue weighted by Crippen LogP contribution is 2.45. The van der Waals surface area contributed by atoms with E-state index in [1.807, 2.05) is 30.3 Å². The molecule has 2 N–H and O–H groups in total. The average Bonchev–Trinajstić information content (AvgIpc) is 3.24. The van der Waals surface area contributed by atoms with E-state index in [1.165, 1.54) is 31.0 Å². The number of hydrogen-bond acceptors (Lipinski definition) is 7. The predicted octanol–water partition coefficient (Wildman–Crippen LogP) is 2.39. The maximum absolute atomic E-state index is 13.6. The summed E-state index contributed by atoms with van der Waals surface area (Å²) >= 11 is 1.27. The van der Waals surface area contributed by atoms with Gasteiger partial charge in [0.25, 0.3) is 10.2 Å². The second-order valence-corrected chi connectivity index (χ2v) is 14.2. The van der Waals surface area contributed by atoms with Gasteiger partial charge in [0, 0.05) is 36.9 Å². The molecular weight excluding hydrogens is 498 g/mol. The fourth-order valence-electron chi connectivity index (χ4n) is 4.17. The number of thiophene rings is 1. The molecule has 1 aromatic heterocycles. The molecule has 1 amide bonds. The third kappa shape index (κ3) is 5.21. The molecule has 0 bridgehead atoms. The number of sulfone groups is 1. The second kappa shape index (κ2) is 10.4. The van der Waals surface area contributed by atoms with Crippen molar-refractivity contribution in [2.24, 2.45) is 0 Å². The van der Waals surface area contributed by atoms with Crippen molar-refractivity contribution in [1.82, 2.24) is 14.1 Å². The van der Waals surface area contributed by atoms with Crippen LogP contribution in [0.15, 0.2) is 36.4 Å². The fourth-order valence-corrected chi connectivity index (χ4v) is 9.00. The summed E-state index contributed by atoms with van der Waals surface area (Å²) in [7, 11) is -5.02. The van der Waals surface area contributed by atoms with Crippen LogP contribution in [0.3, 0.4) is 0 Å². The molecule has 9 nitrogen and oxygen atoms in total. The maximum Gasteiger partial charge on any atom is 0.281 e. The molecule has 12 heteroatoms. The Labute approximate surface area is 205 Å². The maximum atomic E-state index is 13.6. The van der Waals surface area contributed by atoms with Gasteiger partial charge in [0.05, 0.1) is 12.2 Å². The molecule has 0 spiro atoms. The Bertz CT molecular complexity index is 1220. The minimum Gasteiger partial charge on any atom is -0.289 e. The number of nitrogens with zero attached hydrogens (tertiary/aromatic N) is 2. The number of hydroxylamine groups is 1. The molecule has 188 valence electrons. The molecule has 1 aromatic carbocycles. The third-order valence-electron chi connectivity index (χ3n) is 6.16. The minimum atomic E-state index is -3.97. The van der Waals surface area contributed by atoms with Crippen LogP contribution in [0, 0.1) is 0 Å². The van der Waals surface area contributed by atoms with Gasteiger partial charge in [-0.15, -0.1) is 11.3 Å². The number of rotatable bonds is 8. The van der Waals surface area contributed by atoms with Crippen molar-refractivity contribution < 1.29 is 26.8 Å². The van der Waals surface area contributed by atoms with Crippen molar-refractivity contribution >= 4 is 37.3 Å². The van der Waals surface area contributed by atoms with Crippen LogP contribution in [-0.4, -0.2) is 69.5 Å². The quantitative estimate of drug-likeness (QED) is 0.400. The van der Waals surface area contributed by atoms with Gasteiger partial charge in [-0.05, 0) is 36.1 Å². The zero-order valence-corrected chi connectivity index (χ0v) is 22.0. The summed E-state index contributed by atoms with van der Waals surface area (Å²) in [4.78, 5) is 13.6. The highest BCUT2D eigenvalue weighted by atomic mass is 32.2. The normalized spacial score (nSPS) is 21.3. The van der Waals surface area contributed by atoms with E-state index >= 15 is 0 Å². The van der Waals surface area contributed by atoms with Crippen molar-refractivity contribution in [3.63, 3.8) is 0 Å². The highest BCUT2D eigenvalue weighted by Gasteiger charge is 2.50. The number of benzene rings is 1. The SMILES string of the molecule is CCCc1ccc(-c2ccc(C3(CC(=O)NO)CCN(S(=O)(=O)N(C)C)CCS3(=O)=O)s2)cc1. The number of carbonyl (C=O) groups is 1. The second-order valence-electron chi connectivity index (χ2n) is 8.57. The van der Waals surface area contributed by atoms with Gasteiger partial charge in [-0.2, -0.15) is 17.0 Å². The van der Waals surface area contributed by atoms with E-state index in [0.29, 0.717) is 4.88 Å². The third-order valence-corrected chi connectivity index (χ3v) is 12.0. The van der Waals surface area contributed by atoms with Gasteiger partial charge in [0.2, 0.25) is 5.91 Å². The Morgan fingerprint density at radius 2 is 1.85 bits per heavy atom. The molecule has 1 saturated heterocycles. The van der Waals surface area contributed by atoms with Crippen LogP contribution in [0.1, 0.15) is 36.6 Å². The summed E-state index contributed by atoms with van der Waals surface area (Å²) in [5.74, 6) is -1.27. The van der Waals surface area contributed by atoms with Crippen molar-refractivity contribution in [2.75, 3.05) is 32.9 Å². The van der Waals surface area contributed by atoms with Crippen LogP contribution in [-0.2, 0) is 36.0 Å². The molecule has 1 aliphatic rings. The zero-order valence-electron chi connectivity index (χ0n) is 19.5. The van der Waals surface area contributed by atoms with Crippen LogP contribution < -0.4 is 5.48 Å². The Hall–Kier alpha value is -1.83. The lowest BCUT2D eigenvalue weighted by Gasteiger charge is -2.30. The highest BCUT2D eigenvalue weighted by molar-refractivity contribution is 7.92. The molecule has 0 saturated carbocycles. The van der Waals surface area contributed by atoms with E-state index in [-0.39, 0.29) is 19.5 Å². The first kappa shape index (κ1) is 26.8. The van der Waals surface area contributed by atoms with Gasteiger partial charge in [-0.3, -0.25) is 10.0 Å². The Balaban J connectivity index is 2.05. The van der Waals surface area contributed by atoms with Crippen molar-refractivity contribution in [3.05, 3.63) is 46.8 Å². The lowest BCUT2D eigenvalue weighted by molar-refractivity contribution is -0.129. The molecule has 3 rings (SSSR count). The fraction of sp³-hybridized carbons (Fsp3) is 0.500. The monoisotopic (exact) mass is 529 g/mol. The molecule has 0 radical (unpaired) electrons. The van der Waals surface area contributed by atoms with Crippen molar-refractivity contribution in [3.8, 4) is 10.4 Å². The first-order chi connectivity index (χ1) is 16.0. The molecular formula is C22H31N3O6S3. The largest absolute Gasteiger partial charge is 0.289 e. The predicted molar refractivity (Wildman–Crippen MR) is 133 cm³/mol. The molecule has 1 aliphatic heterocycles. The summed E-state index contributed by atoms with van der Waals surface area (Å²) < 4.78 is 53.1. The van der Waals surface area contributed by atoms with Crippen LogP contribution in [0.25, 0.3) is 10.4 Å². The van der Waals surface area contributed by atoms with E-state index in [2.05, 4.69) is 6.92 Å². The number of amides is 1. The van der Waals surface area contributed by atoms with Gasteiger partial charge in [-0.25, -0.2) is 13.9 Å². The van der Waals surface area contributed by atoms with Crippen molar-refractivity contribution in [1.29, 1.82) is 0 Å². The van der Waals surface area contributed by atoms with Crippen LogP contribution in [0.4, 0.5) is 0 Å². The number of aryl methyl sites for hydroxylation is 1. The van der Waals surface area contributed by atoms with E-state index in [4.69, 9.17) is 0 Å². The van der Waals surface area contributed by atoms with Gasteiger partial charge in [0.15, 0.2) is 9.84 Å². The number of hydrogen-bond donors (Lipinski definition) is 2. The van der Waals surface area contributed by atoms with Crippen LogP contribution in [0.2, 0.25) is 0 Å². The van der Waals surface area contributed by atoms with E-state index in [1.54, 1.807) is 11.5 Å². The average molecular weight is 530 g/mol. The molecule has 2 heterocycles. The summed E-state index contributed by atoms with van der Waals surface area (Å²) in [5, 5.41) is 9.17. The van der Waals surface area contributed by atoms with Gasteiger partial charge >= 0.3 is 0 Å². The van der Waals surface area contributed by atoms with Crippen molar-refractivity contribution in [2.45, 2.75) is 37.4 Å². The first-order valence-electron chi connectivity index (χ1n) is 11.0. The molecule has 0 aliphatic carbocycles. The standard InChI is InChI=1S/C22H31N3O6S3/c1-4-5-17-6-8-18(9-7-17)19-10-11-20(32-19)22(16-21(26)23-27)12-13-25(14-15-33(22,28)29)34(30,31)24(2)3/h6-11,27H,4-5,12-16H2,1-3H3,(H,23,26). The Kier molecular flexibility index (Phi) is 8.21. The van der Waals surface area contributed by atoms with Gasteiger partial charge in [0.1, 0.15) is 4.75 Å². The minimum absolute atomic E-state index is 0.0720. The first-order valence-corrected chi connectivity index (χ1v) is 14.9. The lowest BCUT2D eigenvalue weighted by atomic mass is 9.97. The molecule has 1 fully saturated rings. The summed E-state index contributed by atoms with van der Waals surface area (Å²) in [6, 6.07) is 11.6. The Morgan fingerprint density at radius 1 is 1.18 bits per heavy atom. The van der Waals surface area contributed by atoms with E-state index < -0.39 is 42.9 Å². The van der Waals surface area contributed by atoms with Gasteiger partial charge < -0.3 is 0 Å². The topological polar surface area (TPSA) is 124 Å². The Morgan fingerprint density at radius 3 is 2.44 bits per heavy atom. The molecule has 2 aromatic rings. The zero-order chi connectivity index (χ0) is 25.1.